The first-order chi connectivity index (χ1) is 8.18. The number of carbonyl (C=O) groups is 1. The smallest absolute Gasteiger partial charge is 0.272 e. The van der Waals surface area contributed by atoms with Gasteiger partial charge in [-0.1, -0.05) is 30.3 Å². The van der Waals surface area contributed by atoms with Crippen LogP contribution in [0.1, 0.15) is 34.6 Å². The first kappa shape index (κ1) is 11.4. The molecule has 4 nitrogen and oxygen atoms in total. The molecule has 0 saturated heterocycles. The van der Waals surface area contributed by atoms with Gasteiger partial charge in [0.2, 0.25) is 0 Å². The van der Waals surface area contributed by atoms with E-state index in [1.807, 2.05) is 44.2 Å². The molecule has 0 fully saturated rings. The zero-order valence-corrected chi connectivity index (χ0v) is 9.90. The third-order valence-corrected chi connectivity index (χ3v) is 2.69. The van der Waals surface area contributed by atoms with Crippen molar-refractivity contribution < 1.29 is 4.79 Å². The van der Waals surface area contributed by atoms with E-state index in [0.717, 1.165) is 11.1 Å². The van der Waals surface area contributed by atoms with Gasteiger partial charge >= 0.3 is 0 Å². The predicted molar refractivity (Wildman–Crippen MR) is 65.6 cm³/mol. The van der Waals surface area contributed by atoms with Gasteiger partial charge in [-0.05, 0) is 25.0 Å². The molecule has 1 amide bonds. The van der Waals surface area contributed by atoms with Crippen LogP contribution in [0.4, 0.5) is 0 Å². The maximum Gasteiger partial charge on any atom is 0.272 e. The minimum atomic E-state index is -0.153. The van der Waals surface area contributed by atoms with E-state index < -0.39 is 0 Å². The van der Waals surface area contributed by atoms with Crippen LogP contribution in [0, 0.1) is 6.92 Å². The second-order valence-electron chi connectivity index (χ2n) is 4.02. The number of hydrogen-bond donors (Lipinski definition) is 2. The molecule has 0 aliphatic carbocycles. The summed E-state index contributed by atoms with van der Waals surface area (Å²) in [5, 5.41) is 9.52. The van der Waals surface area contributed by atoms with E-state index in [1.54, 1.807) is 6.20 Å². The number of aryl methyl sites for hydroxylation is 1. The molecule has 88 valence electrons. The predicted octanol–water partition coefficient (Wildman–Crippen LogP) is 2.21. The molecule has 0 aliphatic rings. The summed E-state index contributed by atoms with van der Waals surface area (Å²) in [4.78, 5) is 11.9. The Labute approximate surface area is 100 Å². The number of aromatic amines is 1. The third-order valence-electron chi connectivity index (χ3n) is 2.69. The number of nitrogens with zero attached hydrogens (tertiary/aromatic N) is 1. The van der Waals surface area contributed by atoms with Crippen molar-refractivity contribution in [2.24, 2.45) is 0 Å². The highest BCUT2D eigenvalue weighted by atomic mass is 16.2. The van der Waals surface area contributed by atoms with Gasteiger partial charge in [0.15, 0.2) is 5.69 Å². The topological polar surface area (TPSA) is 57.8 Å². The molecular weight excluding hydrogens is 214 g/mol. The number of aromatic nitrogens is 2. The van der Waals surface area contributed by atoms with Crippen molar-refractivity contribution in [3.05, 3.63) is 53.3 Å². The summed E-state index contributed by atoms with van der Waals surface area (Å²) in [5.41, 5.74) is 2.38. The van der Waals surface area contributed by atoms with Crippen molar-refractivity contribution >= 4 is 5.91 Å². The second kappa shape index (κ2) is 4.82. The Balaban J connectivity index is 2.08. The van der Waals surface area contributed by atoms with Crippen LogP contribution < -0.4 is 5.32 Å². The SMILES string of the molecule is Cc1c[nH]nc1C(=O)N[C@@H](C)c1ccccc1. The van der Waals surface area contributed by atoms with Crippen molar-refractivity contribution in [2.75, 3.05) is 0 Å². The number of nitrogens with one attached hydrogen (secondary N) is 2. The van der Waals surface area contributed by atoms with Gasteiger partial charge in [-0.15, -0.1) is 0 Å². The molecule has 2 N–H and O–H groups in total. The van der Waals surface area contributed by atoms with Gasteiger partial charge in [0, 0.05) is 6.20 Å². The lowest BCUT2D eigenvalue weighted by Crippen LogP contribution is -2.27. The number of amides is 1. The van der Waals surface area contributed by atoms with Gasteiger partial charge in [-0.25, -0.2) is 0 Å². The maximum absolute atomic E-state index is 11.9. The summed E-state index contributed by atoms with van der Waals surface area (Å²) in [6.07, 6.45) is 1.71. The monoisotopic (exact) mass is 229 g/mol. The number of hydrogen-bond acceptors (Lipinski definition) is 2. The largest absolute Gasteiger partial charge is 0.344 e. The van der Waals surface area contributed by atoms with Crippen molar-refractivity contribution in [3.8, 4) is 0 Å². The second-order valence-corrected chi connectivity index (χ2v) is 4.02. The van der Waals surface area contributed by atoms with Crippen LogP contribution in [-0.2, 0) is 0 Å². The van der Waals surface area contributed by atoms with Gasteiger partial charge in [-0.2, -0.15) is 5.10 Å². The van der Waals surface area contributed by atoms with Crippen LogP contribution >= 0.6 is 0 Å². The highest BCUT2D eigenvalue weighted by Gasteiger charge is 2.14. The molecular formula is C13H15N3O. The molecule has 0 saturated carbocycles. The molecule has 0 aliphatic heterocycles. The number of benzene rings is 1. The van der Waals surface area contributed by atoms with Crippen molar-refractivity contribution in [1.82, 2.24) is 15.5 Å². The first-order valence-corrected chi connectivity index (χ1v) is 5.54. The Hall–Kier alpha value is -2.10. The molecule has 0 bridgehead atoms. The van der Waals surface area contributed by atoms with E-state index in [4.69, 9.17) is 0 Å². The molecule has 2 aromatic rings. The summed E-state index contributed by atoms with van der Waals surface area (Å²) in [7, 11) is 0. The van der Waals surface area contributed by atoms with E-state index in [0.29, 0.717) is 5.69 Å². The number of H-pyrrole nitrogens is 1. The van der Waals surface area contributed by atoms with Gasteiger partial charge in [-0.3, -0.25) is 9.89 Å². The molecule has 1 heterocycles. The minimum Gasteiger partial charge on any atom is -0.344 e. The fraction of sp³-hybridized carbons (Fsp3) is 0.231. The Bertz CT molecular complexity index is 504. The van der Waals surface area contributed by atoms with Crippen molar-refractivity contribution in [3.63, 3.8) is 0 Å². The fourth-order valence-corrected chi connectivity index (χ4v) is 1.67. The summed E-state index contributed by atoms with van der Waals surface area (Å²) >= 11 is 0. The van der Waals surface area contributed by atoms with Crippen LogP contribution in [0.3, 0.4) is 0 Å². The highest BCUT2D eigenvalue weighted by molar-refractivity contribution is 5.93. The summed E-state index contributed by atoms with van der Waals surface area (Å²) in [6.45, 7) is 3.81. The summed E-state index contributed by atoms with van der Waals surface area (Å²) < 4.78 is 0. The van der Waals surface area contributed by atoms with Crippen molar-refractivity contribution in [1.29, 1.82) is 0 Å². The zero-order valence-electron chi connectivity index (χ0n) is 9.90. The lowest BCUT2D eigenvalue weighted by Gasteiger charge is -2.13. The van der Waals surface area contributed by atoms with Crippen LogP contribution in [0.25, 0.3) is 0 Å². The van der Waals surface area contributed by atoms with Crippen LogP contribution in [-0.4, -0.2) is 16.1 Å². The molecule has 4 heteroatoms. The van der Waals surface area contributed by atoms with E-state index in [2.05, 4.69) is 15.5 Å². The fourth-order valence-electron chi connectivity index (χ4n) is 1.67. The molecule has 17 heavy (non-hydrogen) atoms. The van der Waals surface area contributed by atoms with Crippen LogP contribution in [0.5, 0.6) is 0 Å². The zero-order chi connectivity index (χ0) is 12.3. The quantitative estimate of drug-likeness (QED) is 0.847. The maximum atomic E-state index is 11.9. The third kappa shape index (κ3) is 2.53. The molecule has 0 spiro atoms. The number of carbonyl (C=O) groups excluding carboxylic acids is 1. The molecule has 1 atom stereocenters. The Morgan fingerprint density at radius 1 is 1.35 bits per heavy atom. The van der Waals surface area contributed by atoms with E-state index in [1.165, 1.54) is 0 Å². The Kier molecular flexibility index (Phi) is 3.23. The van der Waals surface area contributed by atoms with E-state index >= 15 is 0 Å². The van der Waals surface area contributed by atoms with Gasteiger partial charge in [0.1, 0.15) is 0 Å². The van der Waals surface area contributed by atoms with E-state index in [-0.39, 0.29) is 11.9 Å². The van der Waals surface area contributed by atoms with Crippen LogP contribution in [0.15, 0.2) is 36.5 Å². The van der Waals surface area contributed by atoms with Gasteiger partial charge in [0.05, 0.1) is 6.04 Å². The Morgan fingerprint density at radius 2 is 2.06 bits per heavy atom. The van der Waals surface area contributed by atoms with E-state index in [9.17, 15) is 4.79 Å². The molecule has 0 unspecified atom stereocenters. The first-order valence-electron chi connectivity index (χ1n) is 5.54. The lowest BCUT2D eigenvalue weighted by molar-refractivity contribution is 0.0934. The molecule has 1 aromatic heterocycles. The average molecular weight is 229 g/mol. The summed E-state index contributed by atoms with van der Waals surface area (Å²) in [5.74, 6) is -0.153. The van der Waals surface area contributed by atoms with Gasteiger partial charge < -0.3 is 5.32 Å². The Morgan fingerprint density at radius 3 is 2.65 bits per heavy atom. The lowest BCUT2D eigenvalue weighted by atomic mass is 10.1. The normalized spacial score (nSPS) is 12.1. The average Bonchev–Trinajstić information content (AvgIpc) is 2.76. The number of rotatable bonds is 3. The molecule has 0 radical (unpaired) electrons. The standard InChI is InChI=1S/C13H15N3O/c1-9-8-14-16-12(9)13(17)15-10(2)11-6-4-3-5-7-11/h3-8,10H,1-2H3,(H,14,16)(H,15,17)/t10-/m0/s1. The van der Waals surface area contributed by atoms with Crippen molar-refractivity contribution in [2.45, 2.75) is 19.9 Å². The molecule has 2 rings (SSSR count). The summed E-state index contributed by atoms with van der Waals surface area (Å²) in [6, 6.07) is 9.82. The highest BCUT2D eigenvalue weighted by Crippen LogP contribution is 2.12. The van der Waals surface area contributed by atoms with Crippen LogP contribution in [0.2, 0.25) is 0 Å². The molecule has 1 aromatic carbocycles. The van der Waals surface area contributed by atoms with Gasteiger partial charge in [0.25, 0.3) is 5.91 Å². The minimum absolute atomic E-state index is 0.0280.